The van der Waals surface area contributed by atoms with Gasteiger partial charge in [-0.25, -0.2) is 9.97 Å². The van der Waals surface area contributed by atoms with Gasteiger partial charge in [0, 0.05) is 41.9 Å². The molecule has 0 saturated carbocycles. The predicted octanol–water partition coefficient (Wildman–Crippen LogP) is 3.98. The summed E-state index contributed by atoms with van der Waals surface area (Å²) in [5, 5.41) is 17.3. The van der Waals surface area contributed by atoms with Crippen LogP contribution in [0.4, 0.5) is 5.82 Å². The molecule has 0 bridgehead atoms. The first-order valence-electron chi connectivity index (χ1n) is 10.8. The maximum absolute atomic E-state index is 12.1. The minimum absolute atomic E-state index is 0.217. The number of anilines is 1. The monoisotopic (exact) mass is 433 g/mol. The van der Waals surface area contributed by atoms with Crippen LogP contribution >= 0.6 is 0 Å². The van der Waals surface area contributed by atoms with Gasteiger partial charge in [-0.1, -0.05) is 18.2 Å². The van der Waals surface area contributed by atoms with E-state index in [0.717, 1.165) is 46.4 Å². The minimum Gasteiger partial charge on any atom is -0.346 e. The second-order valence-electron chi connectivity index (χ2n) is 8.18. The summed E-state index contributed by atoms with van der Waals surface area (Å²) in [6, 6.07) is 15.7. The number of H-pyrrole nitrogens is 1. The van der Waals surface area contributed by atoms with Gasteiger partial charge in [0.15, 0.2) is 17.2 Å². The summed E-state index contributed by atoms with van der Waals surface area (Å²) in [5.74, 6) is 0.922. The van der Waals surface area contributed by atoms with E-state index in [0.29, 0.717) is 30.0 Å². The SMILES string of the molecule is N#Cc1ccc(-c2nc3c(N4CCCC(=O)C4)nccn3c2-c2ccc3[nH]ncc3c2)cc1. The Hall–Kier alpha value is -4.51. The molecular formula is C25H19N7O. The number of benzene rings is 2. The molecule has 0 atom stereocenters. The quantitative estimate of drug-likeness (QED) is 0.462. The van der Waals surface area contributed by atoms with E-state index in [2.05, 4.69) is 27.3 Å². The molecule has 5 aromatic rings. The first-order valence-corrected chi connectivity index (χ1v) is 10.8. The molecule has 1 aliphatic heterocycles. The topological polar surface area (TPSA) is 103 Å². The summed E-state index contributed by atoms with van der Waals surface area (Å²) < 4.78 is 2.04. The van der Waals surface area contributed by atoms with E-state index in [9.17, 15) is 10.1 Å². The summed E-state index contributed by atoms with van der Waals surface area (Å²) in [6.45, 7) is 1.12. The van der Waals surface area contributed by atoms with Crippen molar-refractivity contribution < 1.29 is 4.79 Å². The number of imidazole rings is 1. The molecule has 1 fully saturated rings. The van der Waals surface area contributed by atoms with E-state index in [1.54, 1.807) is 24.5 Å². The standard InChI is InChI=1S/C25H19N7O/c26-13-16-3-5-17(6-4-16)22-23(18-7-8-21-19(12-18)14-28-30-21)32-11-9-27-24(25(32)29-22)31-10-1-2-20(33)15-31/h3-9,11-12,14H,1-2,10,15H2,(H,28,30). The number of piperidine rings is 1. The highest BCUT2D eigenvalue weighted by Crippen LogP contribution is 2.36. The highest BCUT2D eigenvalue weighted by Gasteiger charge is 2.24. The second-order valence-corrected chi connectivity index (χ2v) is 8.18. The molecule has 6 rings (SSSR count). The van der Waals surface area contributed by atoms with Crippen LogP contribution in [0, 0.1) is 11.3 Å². The molecule has 3 aromatic heterocycles. The number of nitrogens with zero attached hydrogens (tertiary/aromatic N) is 6. The van der Waals surface area contributed by atoms with Crippen LogP contribution < -0.4 is 4.90 Å². The maximum Gasteiger partial charge on any atom is 0.181 e. The molecule has 1 aliphatic rings. The van der Waals surface area contributed by atoms with Gasteiger partial charge in [-0.05, 0) is 30.7 Å². The van der Waals surface area contributed by atoms with Crippen LogP contribution in [-0.2, 0) is 4.79 Å². The Morgan fingerprint density at radius 1 is 1.09 bits per heavy atom. The molecule has 1 N–H and O–H groups in total. The van der Waals surface area contributed by atoms with Gasteiger partial charge in [0.1, 0.15) is 0 Å². The average molecular weight is 433 g/mol. The molecule has 4 heterocycles. The number of hydrogen-bond donors (Lipinski definition) is 1. The van der Waals surface area contributed by atoms with Gasteiger partial charge in [-0.2, -0.15) is 10.4 Å². The summed E-state index contributed by atoms with van der Waals surface area (Å²) in [7, 11) is 0. The number of carbonyl (C=O) groups excluding carboxylic acids is 1. The third-order valence-corrected chi connectivity index (χ3v) is 6.08. The van der Waals surface area contributed by atoms with Crippen LogP contribution in [0.3, 0.4) is 0 Å². The molecule has 1 saturated heterocycles. The van der Waals surface area contributed by atoms with Crippen molar-refractivity contribution in [3.8, 4) is 28.6 Å². The van der Waals surface area contributed by atoms with Crippen molar-refractivity contribution in [1.29, 1.82) is 5.26 Å². The molecule has 8 nitrogen and oxygen atoms in total. The average Bonchev–Trinajstić information content (AvgIpc) is 3.48. The predicted molar refractivity (Wildman–Crippen MR) is 125 cm³/mol. The summed E-state index contributed by atoms with van der Waals surface area (Å²) in [5.41, 5.74) is 5.86. The van der Waals surface area contributed by atoms with E-state index >= 15 is 0 Å². The Bertz CT molecular complexity index is 1560. The van der Waals surface area contributed by atoms with Gasteiger partial charge >= 0.3 is 0 Å². The van der Waals surface area contributed by atoms with E-state index in [4.69, 9.17) is 4.98 Å². The molecule has 0 unspecified atom stereocenters. The number of carbonyl (C=O) groups is 1. The van der Waals surface area contributed by atoms with E-state index in [1.807, 2.05) is 39.8 Å². The number of fused-ring (bicyclic) bond motifs is 2. The maximum atomic E-state index is 12.1. The van der Waals surface area contributed by atoms with E-state index in [-0.39, 0.29) is 5.78 Å². The molecular weight excluding hydrogens is 414 g/mol. The Morgan fingerprint density at radius 2 is 1.94 bits per heavy atom. The van der Waals surface area contributed by atoms with Gasteiger partial charge in [-0.3, -0.25) is 14.3 Å². The normalized spacial score (nSPS) is 14.2. The molecule has 0 radical (unpaired) electrons. The van der Waals surface area contributed by atoms with Crippen molar-refractivity contribution in [3.63, 3.8) is 0 Å². The zero-order chi connectivity index (χ0) is 22.4. The van der Waals surface area contributed by atoms with E-state index in [1.165, 1.54) is 0 Å². The zero-order valence-electron chi connectivity index (χ0n) is 17.7. The second kappa shape index (κ2) is 7.57. The summed E-state index contributed by atoms with van der Waals surface area (Å²) in [4.78, 5) is 23.8. The Balaban J connectivity index is 1.61. The number of rotatable bonds is 3. The van der Waals surface area contributed by atoms with Gasteiger partial charge in [0.05, 0.1) is 41.3 Å². The number of aromatic nitrogens is 5. The van der Waals surface area contributed by atoms with Crippen molar-refractivity contribution in [2.45, 2.75) is 12.8 Å². The van der Waals surface area contributed by atoms with Crippen molar-refractivity contribution in [2.75, 3.05) is 18.0 Å². The molecule has 8 heteroatoms. The minimum atomic E-state index is 0.217. The van der Waals surface area contributed by atoms with Crippen molar-refractivity contribution in [1.82, 2.24) is 24.6 Å². The van der Waals surface area contributed by atoms with Gasteiger partial charge in [0.25, 0.3) is 0 Å². The number of nitriles is 1. The van der Waals surface area contributed by atoms with Gasteiger partial charge < -0.3 is 4.90 Å². The van der Waals surface area contributed by atoms with Crippen molar-refractivity contribution in [3.05, 3.63) is 66.6 Å². The molecule has 160 valence electrons. The smallest absolute Gasteiger partial charge is 0.181 e. The lowest BCUT2D eigenvalue weighted by atomic mass is 10.0. The fourth-order valence-corrected chi connectivity index (χ4v) is 4.48. The first-order chi connectivity index (χ1) is 16.2. The van der Waals surface area contributed by atoms with Gasteiger partial charge in [0.2, 0.25) is 0 Å². The first kappa shape index (κ1) is 19.2. The van der Waals surface area contributed by atoms with Crippen LogP contribution in [0.5, 0.6) is 0 Å². The fraction of sp³-hybridized carbons (Fsp3) is 0.160. The third-order valence-electron chi connectivity index (χ3n) is 6.08. The number of Topliss-reactive ketones (excluding diaryl/α,β-unsaturated/α-hetero) is 1. The number of aromatic amines is 1. The van der Waals surface area contributed by atoms with Crippen LogP contribution in [0.1, 0.15) is 18.4 Å². The van der Waals surface area contributed by atoms with Crippen molar-refractivity contribution in [2.24, 2.45) is 0 Å². The fourth-order valence-electron chi connectivity index (χ4n) is 4.48. The van der Waals surface area contributed by atoms with Crippen LogP contribution in [0.2, 0.25) is 0 Å². The van der Waals surface area contributed by atoms with Gasteiger partial charge in [-0.15, -0.1) is 0 Å². The van der Waals surface area contributed by atoms with Crippen molar-refractivity contribution >= 4 is 28.2 Å². The highest BCUT2D eigenvalue weighted by atomic mass is 16.1. The molecule has 33 heavy (non-hydrogen) atoms. The Morgan fingerprint density at radius 3 is 2.76 bits per heavy atom. The molecule has 0 amide bonds. The zero-order valence-corrected chi connectivity index (χ0v) is 17.7. The summed E-state index contributed by atoms with van der Waals surface area (Å²) in [6.07, 6.45) is 6.89. The Kier molecular flexibility index (Phi) is 4.40. The number of nitrogens with one attached hydrogen (secondary N) is 1. The Labute approximate surface area is 189 Å². The molecule has 0 spiro atoms. The highest BCUT2D eigenvalue weighted by molar-refractivity contribution is 5.91. The third kappa shape index (κ3) is 3.22. The van der Waals surface area contributed by atoms with E-state index < -0.39 is 0 Å². The largest absolute Gasteiger partial charge is 0.346 e. The number of ketones is 1. The lowest BCUT2D eigenvalue weighted by Crippen LogP contribution is -2.36. The van der Waals surface area contributed by atoms with Crippen LogP contribution in [0.15, 0.2) is 61.1 Å². The summed E-state index contributed by atoms with van der Waals surface area (Å²) >= 11 is 0. The number of hydrogen-bond acceptors (Lipinski definition) is 6. The lowest BCUT2D eigenvalue weighted by Gasteiger charge is -2.26. The van der Waals surface area contributed by atoms with Crippen LogP contribution in [0.25, 0.3) is 39.1 Å². The lowest BCUT2D eigenvalue weighted by molar-refractivity contribution is -0.118. The van der Waals surface area contributed by atoms with Crippen LogP contribution in [-0.4, -0.2) is 43.4 Å². The molecule has 2 aromatic carbocycles. The molecule has 0 aliphatic carbocycles.